The van der Waals surface area contributed by atoms with E-state index in [0.717, 1.165) is 12.3 Å². The molecule has 0 atom stereocenters. The van der Waals surface area contributed by atoms with Crippen LogP contribution in [0.3, 0.4) is 0 Å². The van der Waals surface area contributed by atoms with Crippen molar-refractivity contribution in [3.05, 3.63) is 30.3 Å². The summed E-state index contributed by atoms with van der Waals surface area (Å²) >= 11 is 0.398. The Morgan fingerprint density at radius 2 is 1.76 bits per heavy atom. The number of rotatable bonds is 4. The second-order valence-electron chi connectivity index (χ2n) is 7.63. The van der Waals surface area contributed by atoms with Crippen LogP contribution in [-0.2, 0) is 4.79 Å². The molecule has 0 amide bonds. The van der Waals surface area contributed by atoms with Crippen LogP contribution >= 0.6 is 0 Å². The predicted octanol–water partition coefficient (Wildman–Crippen LogP) is 4.39. The van der Waals surface area contributed by atoms with Gasteiger partial charge in [0.25, 0.3) is 0 Å². The second kappa shape index (κ2) is 6.67. The number of hydrogen-bond donors (Lipinski definition) is 0. The van der Waals surface area contributed by atoms with Gasteiger partial charge in [0.15, 0.2) is 0 Å². The number of Topliss-reactive ketones (excluding diaryl/α,β-unsaturated/α-hetero) is 1. The summed E-state index contributed by atoms with van der Waals surface area (Å²) in [7, 11) is 0. The van der Waals surface area contributed by atoms with E-state index in [-0.39, 0.29) is 9.73 Å². The summed E-state index contributed by atoms with van der Waals surface area (Å²) in [5.41, 5.74) is -0.206. The van der Waals surface area contributed by atoms with Gasteiger partial charge in [0.1, 0.15) is 0 Å². The van der Waals surface area contributed by atoms with Crippen LogP contribution < -0.4 is 4.46 Å². The first-order valence-electron chi connectivity index (χ1n) is 8.08. The SMILES string of the molecule is CC1CCC(CC(=O)C(C)(C)C)([Se]c2ccccc2)CC1. The summed E-state index contributed by atoms with van der Waals surface area (Å²) in [4.78, 5) is 12.6. The van der Waals surface area contributed by atoms with Crippen molar-refractivity contribution in [2.75, 3.05) is 0 Å². The fourth-order valence-electron chi connectivity index (χ4n) is 2.90. The molecule has 0 aromatic heterocycles. The molecule has 0 radical (unpaired) electrons. The summed E-state index contributed by atoms with van der Waals surface area (Å²) in [5, 5.41) is 0. The van der Waals surface area contributed by atoms with E-state index in [9.17, 15) is 4.79 Å². The van der Waals surface area contributed by atoms with Gasteiger partial charge in [-0.15, -0.1) is 0 Å². The molecule has 0 spiro atoms. The molecule has 1 saturated carbocycles. The van der Waals surface area contributed by atoms with Crippen molar-refractivity contribution in [1.29, 1.82) is 0 Å². The van der Waals surface area contributed by atoms with Gasteiger partial charge in [-0.1, -0.05) is 0 Å². The molecule has 1 aliphatic carbocycles. The van der Waals surface area contributed by atoms with E-state index >= 15 is 0 Å². The Hall–Kier alpha value is -0.591. The van der Waals surface area contributed by atoms with Crippen molar-refractivity contribution in [2.24, 2.45) is 11.3 Å². The van der Waals surface area contributed by atoms with Crippen LogP contribution in [0.25, 0.3) is 0 Å². The van der Waals surface area contributed by atoms with Gasteiger partial charge in [-0.3, -0.25) is 0 Å². The van der Waals surface area contributed by atoms with Crippen LogP contribution in [0.1, 0.15) is 59.8 Å². The van der Waals surface area contributed by atoms with Crippen LogP contribution in [-0.4, -0.2) is 20.7 Å². The van der Waals surface area contributed by atoms with Crippen molar-refractivity contribution in [3.8, 4) is 0 Å². The van der Waals surface area contributed by atoms with E-state index < -0.39 is 0 Å². The minimum atomic E-state index is -0.206. The third kappa shape index (κ3) is 4.69. The van der Waals surface area contributed by atoms with Gasteiger partial charge >= 0.3 is 136 Å². The Balaban J connectivity index is 2.17. The van der Waals surface area contributed by atoms with E-state index in [1.165, 1.54) is 30.1 Å². The van der Waals surface area contributed by atoms with E-state index in [0.29, 0.717) is 20.7 Å². The maximum absolute atomic E-state index is 12.6. The first-order valence-corrected chi connectivity index (χ1v) is 9.79. The molecule has 2 heteroatoms. The van der Waals surface area contributed by atoms with Crippen LogP contribution in [0.4, 0.5) is 0 Å². The van der Waals surface area contributed by atoms with Crippen molar-refractivity contribution >= 4 is 25.2 Å². The quantitative estimate of drug-likeness (QED) is 0.736. The van der Waals surface area contributed by atoms with Gasteiger partial charge < -0.3 is 0 Å². The number of hydrogen-bond acceptors (Lipinski definition) is 1. The van der Waals surface area contributed by atoms with Gasteiger partial charge in [0, 0.05) is 0 Å². The summed E-state index contributed by atoms with van der Waals surface area (Å²) in [6.07, 6.45) is 5.80. The van der Waals surface area contributed by atoms with Crippen LogP contribution in [0, 0.1) is 11.3 Å². The van der Waals surface area contributed by atoms with E-state index in [4.69, 9.17) is 0 Å². The molecule has 116 valence electrons. The molecule has 0 unspecified atom stereocenters. The van der Waals surface area contributed by atoms with Crippen LogP contribution in [0.5, 0.6) is 0 Å². The molecule has 0 saturated heterocycles. The molecule has 0 bridgehead atoms. The number of ketones is 1. The van der Waals surface area contributed by atoms with Crippen LogP contribution in [0.2, 0.25) is 4.31 Å². The Labute approximate surface area is 136 Å². The molecule has 1 fully saturated rings. The normalized spacial score (nSPS) is 26.6. The first kappa shape index (κ1) is 16.8. The molecule has 1 nitrogen and oxygen atoms in total. The Bertz CT molecular complexity index is 464. The fraction of sp³-hybridized carbons (Fsp3) is 0.632. The molecule has 0 aliphatic heterocycles. The van der Waals surface area contributed by atoms with Gasteiger partial charge in [0.05, 0.1) is 0 Å². The minimum absolute atomic E-state index is 0.206. The molecular weight excluding hydrogens is 323 g/mol. The zero-order valence-corrected chi connectivity index (χ0v) is 15.5. The van der Waals surface area contributed by atoms with Crippen molar-refractivity contribution in [1.82, 2.24) is 0 Å². The number of carbonyl (C=O) groups is 1. The summed E-state index contributed by atoms with van der Waals surface area (Å²) in [6, 6.07) is 10.8. The third-order valence-electron chi connectivity index (χ3n) is 4.58. The standard InChI is InChI=1S/C19H28OSe/c1-15-10-12-19(13-11-15,14-17(20)18(2,3)4)21-16-8-6-5-7-9-16/h5-9,15H,10-14H2,1-4H3. The fourth-order valence-corrected chi connectivity index (χ4v) is 5.91. The topological polar surface area (TPSA) is 17.1 Å². The first-order chi connectivity index (χ1) is 9.81. The second-order valence-corrected chi connectivity index (χ2v) is 10.9. The molecule has 21 heavy (non-hydrogen) atoms. The monoisotopic (exact) mass is 352 g/mol. The van der Waals surface area contributed by atoms with E-state index in [2.05, 4.69) is 58.0 Å². The van der Waals surface area contributed by atoms with E-state index in [1.54, 1.807) is 0 Å². The summed E-state index contributed by atoms with van der Waals surface area (Å²) in [6.45, 7) is 8.53. The van der Waals surface area contributed by atoms with Crippen LogP contribution in [0.15, 0.2) is 30.3 Å². The molecule has 1 aliphatic rings. The molecular formula is C19H28OSe. The average Bonchev–Trinajstić information content (AvgIpc) is 2.42. The Morgan fingerprint density at radius 1 is 1.19 bits per heavy atom. The molecule has 0 N–H and O–H groups in total. The summed E-state index contributed by atoms with van der Waals surface area (Å²) < 4.78 is 1.70. The molecule has 1 aromatic carbocycles. The molecule has 1 aromatic rings. The number of benzene rings is 1. The van der Waals surface area contributed by atoms with E-state index in [1.807, 2.05) is 0 Å². The Kier molecular flexibility index (Phi) is 5.33. The van der Waals surface area contributed by atoms with Crippen molar-refractivity contribution in [3.63, 3.8) is 0 Å². The van der Waals surface area contributed by atoms with Gasteiger partial charge in [-0.25, -0.2) is 0 Å². The average molecular weight is 351 g/mol. The van der Waals surface area contributed by atoms with Gasteiger partial charge in [-0.05, 0) is 0 Å². The zero-order valence-electron chi connectivity index (χ0n) is 13.8. The predicted molar refractivity (Wildman–Crippen MR) is 91.2 cm³/mol. The molecule has 2 rings (SSSR count). The third-order valence-corrected chi connectivity index (χ3v) is 7.72. The van der Waals surface area contributed by atoms with Crippen molar-refractivity contribution < 1.29 is 4.79 Å². The zero-order chi connectivity index (χ0) is 15.5. The maximum atomic E-state index is 12.6. The Morgan fingerprint density at radius 3 is 2.29 bits per heavy atom. The van der Waals surface area contributed by atoms with Gasteiger partial charge in [-0.2, -0.15) is 0 Å². The number of carbonyl (C=O) groups excluding carboxylic acids is 1. The van der Waals surface area contributed by atoms with Crippen molar-refractivity contribution in [2.45, 2.75) is 64.1 Å². The van der Waals surface area contributed by atoms with Gasteiger partial charge in [0.2, 0.25) is 0 Å². The summed E-state index contributed by atoms with van der Waals surface area (Å²) in [5.74, 6) is 1.27. The molecule has 0 heterocycles.